The zero-order chi connectivity index (χ0) is 40.7. The first-order valence-corrected chi connectivity index (χ1v) is 19.5. The van der Waals surface area contributed by atoms with E-state index in [4.69, 9.17) is 9.47 Å². The molecule has 0 aliphatic carbocycles. The molecule has 10 aromatic rings. The van der Waals surface area contributed by atoms with E-state index >= 15 is 0 Å². The number of carboxylic acids is 2. The average molecular weight is 779 g/mol. The van der Waals surface area contributed by atoms with Crippen molar-refractivity contribution < 1.29 is 29.3 Å². The van der Waals surface area contributed by atoms with Crippen LogP contribution in [0.1, 0.15) is 20.7 Å². The van der Waals surface area contributed by atoms with Crippen LogP contribution in [-0.2, 0) is 0 Å². The highest BCUT2D eigenvalue weighted by Gasteiger charge is 2.22. The number of aromatic carboxylic acids is 2. The van der Waals surface area contributed by atoms with Gasteiger partial charge in [0.05, 0.1) is 11.1 Å². The molecule has 0 heterocycles. The summed E-state index contributed by atoms with van der Waals surface area (Å²) in [6, 6.07) is 63.0. The number of carbonyl (C=O) groups is 2. The SMILES string of the molecule is O=C(O)c1ccc(Oc2ccc3cc(-c4cccc5ccccc45)ccc3c2-c2c(Oc3ccc(C(=O)O)cc3)ccc3cc(-c4cccc5ccccc45)ccc23)cc1. The Kier molecular flexibility index (Phi) is 9.00. The molecule has 0 saturated carbocycles. The van der Waals surface area contributed by atoms with Gasteiger partial charge in [-0.3, -0.25) is 0 Å². The molecule has 0 amide bonds. The summed E-state index contributed by atoms with van der Waals surface area (Å²) in [7, 11) is 0. The number of carboxylic acid groups (broad SMARTS) is 2. The molecule has 0 aromatic heterocycles. The van der Waals surface area contributed by atoms with Gasteiger partial charge in [0, 0.05) is 11.1 Å². The average Bonchev–Trinajstić information content (AvgIpc) is 3.29. The molecule has 60 heavy (non-hydrogen) atoms. The summed E-state index contributed by atoms with van der Waals surface area (Å²) in [6.07, 6.45) is 0. The molecule has 0 aliphatic heterocycles. The minimum Gasteiger partial charge on any atom is -0.478 e. The Morgan fingerprint density at radius 2 is 0.750 bits per heavy atom. The Bertz CT molecular complexity index is 3080. The highest BCUT2D eigenvalue weighted by atomic mass is 16.5. The van der Waals surface area contributed by atoms with Crippen LogP contribution in [0, 0.1) is 0 Å². The maximum atomic E-state index is 11.7. The van der Waals surface area contributed by atoms with Crippen molar-refractivity contribution >= 4 is 55.0 Å². The van der Waals surface area contributed by atoms with Gasteiger partial charge in [-0.15, -0.1) is 0 Å². The molecule has 2 N–H and O–H groups in total. The molecule has 0 atom stereocenters. The lowest BCUT2D eigenvalue weighted by molar-refractivity contribution is 0.0686. The van der Waals surface area contributed by atoms with E-state index in [1.807, 2.05) is 36.4 Å². The maximum Gasteiger partial charge on any atom is 0.335 e. The summed E-state index contributed by atoms with van der Waals surface area (Å²) in [6.45, 7) is 0. The molecule has 6 nitrogen and oxygen atoms in total. The van der Waals surface area contributed by atoms with Crippen molar-refractivity contribution in [3.8, 4) is 56.4 Å². The maximum absolute atomic E-state index is 11.7. The number of hydrogen-bond acceptors (Lipinski definition) is 4. The van der Waals surface area contributed by atoms with Gasteiger partial charge in [-0.1, -0.05) is 121 Å². The number of fused-ring (bicyclic) bond motifs is 4. The lowest BCUT2D eigenvalue weighted by Crippen LogP contribution is -1.98. The molecule has 6 heteroatoms. The van der Waals surface area contributed by atoms with E-state index in [0.29, 0.717) is 23.0 Å². The first-order chi connectivity index (χ1) is 29.4. The van der Waals surface area contributed by atoms with Crippen LogP contribution in [0.3, 0.4) is 0 Å². The Hall–Kier alpha value is -8.22. The van der Waals surface area contributed by atoms with Gasteiger partial charge in [0.2, 0.25) is 0 Å². The van der Waals surface area contributed by atoms with Crippen LogP contribution in [0.5, 0.6) is 23.0 Å². The lowest BCUT2D eigenvalue weighted by Gasteiger charge is -2.20. The largest absolute Gasteiger partial charge is 0.478 e. The van der Waals surface area contributed by atoms with E-state index in [2.05, 4.69) is 109 Å². The van der Waals surface area contributed by atoms with E-state index in [1.54, 1.807) is 24.3 Å². The van der Waals surface area contributed by atoms with Gasteiger partial charge in [-0.25, -0.2) is 9.59 Å². The number of hydrogen-bond donors (Lipinski definition) is 2. The van der Waals surface area contributed by atoms with Gasteiger partial charge >= 0.3 is 11.9 Å². The van der Waals surface area contributed by atoms with Crippen molar-refractivity contribution in [2.24, 2.45) is 0 Å². The third-order valence-corrected chi connectivity index (χ3v) is 11.1. The van der Waals surface area contributed by atoms with E-state index < -0.39 is 11.9 Å². The number of rotatable bonds is 9. The van der Waals surface area contributed by atoms with Crippen LogP contribution >= 0.6 is 0 Å². The standard InChI is InChI=1S/C54H34O6/c55-53(56)35-15-23-41(24-16-35)59-49-29-21-39-31-37(45-13-5-9-33-7-1-3-11-43(33)45)19-27-47(39)51(49)52-48-28-20-38(46-14-6-10-34-8-2-4-12-44(34)46)32-40(48)22-30-50(52)60-42-25-17-36(18-26-42)54(57)58/h1-32H,(H,55,56)(H,57,58). The van der Waals surface area contributed by atoms with Gasteiger partial charge in [0.15, 0.2) is 0 Å². The fourth-order valence-corrected chi connectivity index (χ4v) is 8.18. The predicted molar refractivity (Wildman–Crippen MR) is 240 cm³/mol. The zero-order valence-corrected chi connectivity index (χ0v) is 32.0. The van der Waals surface area contributed by atoms with Crippen LogP contribution in [0.4, 0.5) is 0 Å². The van der Waals surface area contributed by atoms with Crippen LogP contribution in [0.15, 0.2) is 194 Å². The zero-order valence-electron chi connectivity index (χ0n) is 32.0. The molecule has 10 rings (SSSR count). The monoisotopic (exact) mass is 778 g/mol. The minimum absolute atomic E-state index is 0.155. The molecule has 10 aromatic carbocycles. The Morgan fingerprint density at radius 3 is 1.17 bits per heavy atom. The first kappa shape index (κ1) is 36.1. The summed E-state index contributed by atoms with van der Waals surface area (Å²) in [4.78, 5) is 23.4. The Balaban J connectivity index is 1.22. The van der Waals surface area contributed by atoms with Gasteiger partial charge in [-0.05, 0) is 138 Å². The summed E-state index contributed by atoms with van der Waals surface area (Å²) < 4.78 is 13.4. The fraction of sp³-hybridized carbons (Fsp3) is 0. The van der Waals surface area contributed by atoms with Crippen molar-refractivity contribution in [3.63, 3.8) is 0 Å². The van der Waals surface area contributed by atoms with Crippen LogP contribution in [0.25, 0.3) is 76.5 Å². The second kappa shape index (κ2) is 14.9. The molecule has 0 fully saturated rings. The topological polar surface area (TPSA) is 93.1 Å². The third kappa shape index (κ3) is 6.62. The Labute approximate surface area is 344 Å². The van der Waals surface area contributed by atoms with Crippen molar-refractivity contribution in [1.29, 1.82) is 0 Å². The molecular formula is C54H34O6. The van der Waals surface area contributed by atoms with E-state index in [9.17, 15) is 19.8 Å². The van der Waals surface area contributed by atoms with E-state index in [1.165, 1.54) is 24.3 Å². The van der Waals surface area contributed by atoms with Gasteiger partial charge in [0.25, 0.3) is 0 Å². The van der Waals surface area contributed by atoms with Crippen molar-refractivity contribution in [2.75, 3.05) is 0 Å². The molecule has 0 radical (unpaired) electrons. The van der Waals surface area contributed by atoms with Gasteiger partial charge in [-0.2, -0.15) is 0 Å². The summed E-state index contributed by atoms with van der Waals surface area (Å²) in [5.41, 5.74) is 6.24. The van der Waals surface area contributed by atoms with Crippen LogP contribution in [0.2, 0.25) is 0 Å². The second-order valence-electron chi connectivity index (χ2n) is 14.7. The molecule has 286 valence electrons. The van der Waals surface area contributed by atoms with Crippen molar-refractivity contribution in [1.82, 2.24) is 0 Å². The first-order valence-electron chi connectivity index (χ1n) is 19.5. The van der Waals surface area contributed by atoms with Crippen LogP contribution < -0.4 is 9.47 Å². The van der Waals surface area contributed by atoms with Crippen molar-refractivity contribution in [3.05, 3.63) is 205 Å². The fourth-order valence-electron chi connectivity index (χ4n) is 8.18. The smallest absolute Gasteiger partial charge is 0.335 e. The second-order valence-corrected chi connectivity index (χ2v) is 14.7. The summed E-state index contributed by atoms with van der Waals surface area (Å²) in [5, 5.41) is 27.6. The van der Waals surface area contributed by atoms with Gasteiger partial charge < -0.3 is 19.7 Å². The van der Waals surface area contributed by atoms with E-state index in [0.717, 1.165) is 76.5 Å². The molecule has 0 bridgehead atoms. The summed E-state index contributed by atoms with van der Waals surface area (Å²) >= 11 is 0. The highest BCUT2D eigenvalue weighted by Crippen LogP contribution is 2.49. The minimum atomic E-state index is -1.02. The lowest BCUT2D eigenvalue weighted by atomic mass is 9.89. The number of ether oxygens (including phenoxy) is 2. The molecule has 0 aliphatic rings. The Morgan fingerprint density at radius 1 is 0.350 bits per heavy atom. The molecular weight excluding hydrogens is 745 g/mol. The van der Waals surface area contributed by atoms with E-state index in [-0.39, 0.29) is 11.1 Å². The molecule has 0 saturated heterocycles. The highest BCUT2D eigenvalue weighted by molar-refractivity contribution is 6.12. The molecule has 0 unspecified atom stereocenters. The third-order valence-electron chi connectivity index (χ3n) is 11.1. The summed E-state index contributed by atoms with van der Waals surface area (Å²) in [5.74, 6) is -0.0183. The number of benzene rings is 10. The quantitative estimate of drug-likeness (QED) is 0.152. The van der Waals surface area contributed by atoms with Crippen LogP contribution in [-0.4, -0.2) is 22.2 Å². The normalized spacial score (nSPS) is 11.3. The van der Waals surface area contributed by atoms with Crippen molar-refractivity contribution in [2.45, 2.75) is 0 Å². The predicted octanol–water partition coefficient (Wildman–Crippen LogP) is 14.3. The molecule has 0 spiro atoms. The van der Waals surface area contributed by atoms with Gasteiger partial charge in [0.1, 0.15) is 23.0 Å².